The number of aromatic nitrogens is 2. The number of hydrogen-bond donors (Lipinski definition) is 1. The van der Waals surface area contributed by atoms with Crippen LogP contribution in [0.15, 0.2) is 42.1 Å². The number of rotatable bonds is 5. The van der Waals surface area contributed by atoms with Crippen LogP contribution >= 0.6 is 0 Å². The zero-order valence-corrected chi connectivity index (χ0v) is 19.7. The van der Waals surface area contributed by atoms with Gasteiger partial charge in [-0.1, -0.05) is 12.7 Å². The summed E-state index contributed by atoms with van der Waals surface area (Å²) in [7, 11) is -4.09. The molecule has 1 amide bonds. The summed E-state index contributed by atoms with van der Waals surface area (Å²) in [5.74, 6) is -0.652. The summed E-state index contributed by atoms with van der Waals surface area (Å²) < 4.78 is 47.6. The number of carbonyl (C=O) groups is 1. The normalized spacial score (nSPS) is 15.6. The van der Waals surface area contributed by atoms with Crippen LogP contribution < -0.4 is 5.32 Å². The first-order valence-corrected chi connectivity index (χ1v) is 11.9. The van der Waals surface area contributed by atoms with Crippen molar-refractivity contribution >= 4 is 33.8 Å². The fourth-order valence-corrected chi connectivity index (χ4v) is 4.72. The highest BCUT2D eigenvalue weighted by molar-refractivity contribution is 7.89. The number of carbonyl (C=O) groups excluding carboxylic acids is 1. The van der Waals surface area contributed by atoms with Crippen molar-refractivity contribution in [1.29, 1.82) is 0 Å². The molecule has 1 aromatic carbocycles. The van der Waals surface area contributed by atoms with Crippen molar-refractivity contribution in [3.63, 3.8) is 0 Å². The molecule has 1 saturated heterocycles. The second kappa shape index (κ2) is 9.84. The largest absolute Gasteiger partial charge is 0.444 e. The number of amides is 1. The summed E-state index contributed by atoms with van der Waals surface area (Å²) in [6.07, 6.45) is 4.62. The highest BCUT2D eigenvalue weighted by atomic mass is 32.2. The lowest BCUT2D eigenvalue weighted by molar-refractivity contribution is 0.0260. The van der Waals surface area contributed by atoms with Crippen LogP contribution in [-0.4, -0.2) is 65.5 Å². The number of nitrogens with one attached hydrogen (secondary N) is 1. The third kappa shape index (κ3) is 6.26. The third-order valence-corrected chi connectivity index (χ3v) is 6.75. The molecule has 1 N–H and O–H groups in total. The number of hydrogen-bond acceptors (Lipinski definition) is 7. The minimum absolute atomic E-state index is 0.0461. The molecule has 1 aliphatic heterocycles. The number of sulfonamides is 1. The van der Waals surface area contributed by atoms with Crippen LogP contribution in [0.1, 0.15) is 32.8 Å². The molecule has 2 aromatic rings. The van der Waals surface area contributed by atoms with E-state index < -0.39 is 32.4 Å². The Morgan fingerprint density at radius 2 is 1.88 bits per heavy atom. The highest BCUT2D eigenvalue weighted by Gasteiger charge is 2.31. The quantitative estimate of drug-likeness (QED) is 0.701. The number of nitrogens with zero attached hydrogens (tertiary/aromatic N) is 4. The van der Waals surface area contributed by atoms with Crippen LogP contribution in [0.25, 0.3) is 6.08 Å². The van der Waals surface area contributed by atoms with Gasteiger partial charge in [-0.25, -0.2) is 27.6 Å². The lowest BCUT2D eigenvalue weighted by atomic mass is 10.2. The molecule has 0 spiro atoms. The maximum absolute atomic E-state index is 14.8. The van der Waals surface area contributed by atoms with Crippen molar-refractivity contribution in [3.05, 3.63) is 48.6 Å². The van der Waals surface area contributed by atoms with Crippen molar-refractivity contribution in [2.24, 2.45) is 0 Å². The first-order valence-electron chi connectivity index (χ1n) is 10.5. The van der Waals surface area contributed by atoms with Gasteiger partial charge in [0.25, 0.3) is 0 Å². The SMILES string of the molecule is C=Cc1cnc(Nc2ccc(S(=O)(=O)N3CCCN(C(=O)OC(C)(C)C)CC3)c(F)c2)nc1. The number of halogens is 1. The zero-order valence-electron chi connectivity index (χ0n) is 18.9. The molecular weight excluding hydrogens is 449 g/mol. The molecule has 2 heterocycles. The van der Waals surface area contributed by atoms with E-state index in [9.17, 15) is 17.6 Å². The Morgan fingerprint density at radius 3 is 2.48 bits per heavy atom. The summed E-state index contributed by atoms with van der Waals surface area (Å²) in [4.78, 5) is 21.5. The molecule has 11 heteroatoms. The van der Waals surface area contributed by atoms with Crippen molar-refractivity contribution in [2.75, 3.05) is 31.5 Å². The number of anilines is 2. The Kier molecular flexibility index (Phi) is 7.33. The topological polar surface area (TPSA) is 105 Å². The van der Waals surface area contributed by atoms with Gasteiger partial charge in [0.2, 0.25) is 16.0 Å². The van der Waals surface area contributed by atoms with Gasteiger partial charge in [0, 0.05) is 49.8 Å². The van der Waals surface area contributed by atoms with Crippen molar-refractivity contribution in [2.45, 2.75) is 37.7 Å². The summed E-state index contributed by atoms with van der Waals surface area (Å²) in [5.41, 5.74) is 0.396. The van der Waals surface area contributed by atoms with Crippen molar-refractivity contribution in [3.8, 4) is 0 Å². The van der Waals surface area contributed by atoms with Crippen molar-refractivity contribution < 1.29 is 22.3 Å². The standard InChI is InChI=1S/C22H28FN5O4S/c1-5-16-14-24-20(25-15-16)26-17-7-8-19(18(23)13-17)33(30,31)28-10-6-9-27(11-12-28)21(29)32-22(2,3)4/h5,7-8,13-15H,1,6,9-12H2,2-4H3,(H,24,25,26). The molecule has 0 radical (unpaired) electrons. The molecule has 0 atom stereocenters. The molecule has 1 aromatic heterocycles. The second-order valence-corrected chi connectivity index (χ2v) is 10.4. The molecule has 0 unspecified atom stereocenters. The van der Waals surface area contributed by atoms with Gasteiger partial charge in [0.15, 0.2) is 0 Å². The van der Waals surface area contributed by atoms with E-state index in [2.05, 4.69) is 21.9 Å². The predicted octanol–water partition coefficient (Wildman–Crippen LogP) is 3.63. The van der Waals surface area contributed by atoms with Crippen LogP contribution in [-0.2, 0) is 14.8 Å². The van der Waals surface area contributed by atoms with Gasteiger partial charge < -0.3 is 15.0 Å². The van der Waals surface area contributed by atoms with Crippen LogP contribution in [0.3, 0.4) is 0 Å². The Bertz CT molecular complexity index is 1120. The van der Waals surface area contributed by atoms with E-state index in [1.807, 2.05) is 0 Å². The molecule has 1 fully saturated rings. The van der Waals surface area contributed by atoms with E-state index in [0.717, 1.165) is 11.6 Å². The Balaban J connectivity index is 1.71. The summed E-state index contributed by atoms with van der Waals surface area (Å²) in [6.45, 7) is 9.66. The Hall–Kier alpha value is -3.05. The molecule has 0 saturated carbocycles. The first kappa shape index (κ1) is 24.6. The Labute approximate surface area is 193 Å². The minimum atomic E-state index is -4.09. The number of benzene rings is 1. The molecule has 178 valence electrons. The molecular formula is C22H28FN5O4S. The summed E-state index contributed by atoms with van der Waals surface area (Å²) in [6, 6.07) is 3.75. The van der Waals surface area contributed by atoms with E-state index in [0.29, 0.717) is 18.7 Å². The van der Waals surface area contributed by atoms with Gasteiger partial charge in [-0.15, -0.1) is 0 Å². The summed E-state index contributed by atoms with van der Waals surface area (Å²) >= 11 is 0. The minimum Gasteiger partial charge on any atom is -0.444 e. The molecule has 0 bridgehead atoms. The van der Waals surface area contributed by atoms with E-state index in [1.54, 1.807) is 39.2 Å². The number of ether oxygens (including phenoxy) is 1. The van der Waals surface area contributed by atoms with E-state index in [4.69, 9.17) is 4.74 Å². The van der Waals surface area contributed by atoms with Crippen molar-refractivity contribution in [1.82, 2.24) is 19.2 Å². The smallest absolute Gasteiger partial charge is 0.410 e. The maximum Gasteiger partial charge on any atom is 0.410 e. The zero-order chi connectivity index (χ0) is 24.2. The maximum atomic E-state index is 14.8. The molecule has 9 nitrogen and oxygen atoms in total. The van der Waals surface area contributed by atoms with E-state index >= 15 is 0 Å². The fourth-order valence-electron chi connectivity index (χ4n) is 3.21. The lowest BCUT2D eigenvalue weighted by Crippen LogP contribution is -2.40. The fraction of sp³-hybridized carbons (Fsp3) is 0.409. The van der Waals surface area contributed by atoms with Gasteiger partial charge in [0.1, 0.15) is 16.3 Å². The van der Waals surface area contributed by atoms with Crippen LogP contribution in [0.4, 0.5) is 20.8 Å². The predicted molar refractivity (Wildman–Crippen MR) is 123 cm³/mol. The van der Waals surface area contributed by atoms with E-state index in [1.165, 1.54) is 21.3 Å². The average molecular weight is 478 g/mol. The third-order valence-electron chi connectivity index (χ3n) is 4.82. The van der Waals surface area contributed by atoms with Gasteiger partial charge >= 0.3 is 6.09 Å². The van der Waals surface area contributed by atoms with E-state index in [-0.39, 0.29) is 25.6 Å². The molecule has 33 heavy (non-hydrogen) atoms. The van der Waals surface area contributed by atoms with Gasteiger partial charge in [-0.3, -0.25) is 0 Å². The first-order chi connectivity index (χ1) is 15.5. The second-order valence-electron chi connectivity index (χ2n) is 8.54. The monoisotopic (exact) mass is 477 g/mol. The molecule has 3 rings (SSSR count). The molecule has 0 aliphatic carbocycles. The lowest BCUT2D eigenvalue weighted by Gasteiger charge is -2.26. The van der Waals surface area contributed by atoms with Crippen LogP contribution in [0.2, 0.25) is 0 Å². The highest BCUT2D eigenvalue weighted by Crippen LogP contribution is 2.25. The molecule has 1 aliphatic rings. The summed E-state index contributed by atoms with van der Waals surface area (Å²) in [5, 5.41) is 2.84. The van der Waals surface area contributed by atoms with Crippen LogP contribution in [0, 0.1) is 5.82 Å². The Morgan fingerprint density at radius 1 is 1.18 bits per heavy atom. The average Bonchev–Trinajstić information content (AvgIpc) is 3.00. The van der Waals surface area contributed by atoms with Crippen LogP contribution in [0.5, 0.6) is 0 Å². The van der Waals surface area contributed by atoms with Gasteiger partial charge in [-0.05, 0) is 45.4 Å². The van der Waals surface area contributed by atoms with Gasteiger partial charge in [0.05, 0.1) is 0 Å². The van der Waals surface area contributed by atoms with Gasteiger partial charge in [-0.2, -0.15) is 4.31 Å².